The number of nitrogens with zero attached hydrogens (tertiary/aromatic N) is 2. The van der Waals surface area contributed by atoms with Gasteiger partial charge < -0.3 is 9.64 Å². The molecule has 4 aromatic rings. The molecule has 0 aliphatic heterocycles. The molecular formula is C28H22N2O2. The molecule has 0 N–H and O–H groups in total. The Morgan fingerprint density at radius 1 is 0.875 bits per heavy atom. The normalized spacial score (nSPS) is 10.0. The Kier molecular flexibility index (Phi) is 6.60. The van der Waals surface area contributed by atoms with Crippen LogP contribution in [0.5, 0.6) is 5.75 Å². The molecule has 0 atom stereocenters. The molecular weight excluding hydrogens is 396 g/mol. The van der Waals surface area contributed by atoms with Crippen LogP contribution in [0.1, 0.15) is 16.7 Å². The van der Waals surface area contributed by atoms with E-state index < -0.39 is 0 Å². The third-order valence-corrected chi connectivity index (χ3v) is 5.10. The van der Waals surface area contributed by atoms with Crippen LogP contribution in [-0.2, 0) is 11.3 Å². The molecule has 4 nitrogen and oxygen atoms in total. The summed E-state index contributed by atoms with van der Waals surface area (Å²) in [6.45, 7) is 0.406. The summed E-state index contributed by atoms with van der Waals surface area (Å²) in [6.07, 6.45) is 4.28. The molecule has 1 amide bonds. The minimum atomic E-state index is 0.406. The number of rotatable bonds is 6. The van der Waals surface area contributed by atoms with Crippen molar-refractivity contribution in [1.29, 1.82) is 0 Å². The van der Waals surface area contributed by atoms with Crippen LogP contribution in [0.15, 0.2) is 97.3 Å². The second-order valence-corrected chi connectivity index (χ2v) is 7.10. The zero-order chi connectivity index (χ0) is 22.2. The summed E-state index contributed by atoms with van der Waals surface area (Å²) in [6, 6.07) is 27.3. The second-order valence-electron chi connectivity index (χ2n) is 7.10. The van der Waals surface area contributed by atoms with Gasteiger partial charge in [0.2, 0.25) is 6.41 Å². The number of anilines is 1. The highest BCUT2D eigenvalue weighted by Gasteiger charge is 2.15. The molecule has 156 valence electrons. The van der Waals surface area contributed by atoms with Crippen LogP contribution >= 0.6 is 0 Å². The number of hydrogen-bond acceptors (Lipinski definition) is 3. The predicted molar refractivity (Wildman–Crippen MR) is 127 cm³/mol. The SMILES string of the molecule is COc1ccccc1-c1ccccc1CN(C=O)c1ccccc1C#Cc1cccnc1. The quantitative estimate of drug-likeness (QED) is 0.314. The number of methoxy groups -OCH3 is 1. The summed E-state index contributed by atoms with van der Waals surface area (Å²) in [7, 11) is 1.66. The van der Waals surface area contributed by atoms with Crippen LogP contribution in [0.3, 0.4) is 0 Å². The third-order valence-electron chi connectivity index (χ3n) is 5.10. The Hall–Kier alpha value is -4.36. The lowest BCUT2D eigenvalue weighted by molar-refractivity contribution is -0.107. The maximum absolute atomic E-state index is 12.2. The molecule has 4 heteroatoms. The number of carbonyl (C=O) groups excluding carboxylic acids is 1. The molecule has 0 bridgehead atoms. The largest absolute Gasteiger partial charge is 0.496 e. The molecule has 32 heavy (non-hydrogen) atoms. The topological polar surface area (TPSA) is 42.4 Å². The molecule has 3 aromatic carbocycles. The van der Waals surface area contributed by atoms with Gasteiger partial charge in [-0.05, 0) is 41.5 Å². The van der Waals surface area contributed by atoms with Gasteiger partial charge in [-0.25, -0.2) is 0 Å². The molecule has 0 aliphatic rings. The Balaban J connectivity index is 1.70. The first-order valence-electron chi connectivity index (χ1n) is 10.2. The first kappa shape index (κ1) is 20.9. The van der Waals surface area contributed by atoms with Gasteiger partial charge >= 0.3 is 0 Å². The average Bonchev–Trinajstić information content (AvgIpc) is 2.87. The Bertz CT molecular complexity index is 1270. The van der Waals surface area contributed by atoms with Crippen LogP contribution < -0.4 is 9.64 Å². The van der Waals surface area contributed by atoms with Gasteiger partial charge in [0.1, 0.15) is 5.75 Å². The van der Waals surface area contributed by atoms with Crippen LogP contribution in [0.4, 0.5) is 5.69 Å². The Labute approximate surface area is 188 Å². The van der Waals surface area contributed by atoms with Crippen molar-refractivity contribution in [3.63, 3.8) is 0 Å². The van der Waals surface area contributed by atoms with E-state index in [9.17, 15) is 4.79 Å². The van der Waals surface area contributed by atoms with Crippen molar-refractivity contribution in [2.45, 2.75) is 6.54 Å². The number of hydrogen-bond donors (Lipinski definition) is 0. The molecule has 4 rings (SSSR count). The highest BCUT2D eigenvalue weighted by molar-refractivity contribution is 5.81. The molecule has 0 saturated carbocycles. The summed E-state index contributed by atoms with van der Waals surface area (Å²) in [5.74, 6) is 7.10. The molecule has 1 aromatic heterocycles. The second kappa shape index (κ2) is 10.1. The molecule has 0 fully saturated rings. The molecule has 0 saturated heterocycles. The minimum Gasteiger partial charge on any atom is -0.496 e. The van der Waals surface area contributed by atoms with Crippen molar-refractivity contribution in [1.82, 2.24) is 4.98 Å². The number of benzene rings is 3. The van der Waals surface area contributed by atoms with Crippen molar-refractivity contribution in [2.75, 3.05) is 12.0 Å². The van der Waals surface area contributed by atoms with Gasteiger partial charge in [0.15, 0.2) is 0 Å². The van der Waals surface area contributed by atoms with Gasteiger partial charge in [-0.1, -0.05) is 66.4 Å². The van der Waals surface area contributed by atoms with E-state index in [4.69, 9.17) is 4.74 Å². The number of pyridine rings is 1. The van der Waals surface area contributed by atoms with Gasteiger partial charge in [-0.3, -0.25) is 9.78 Å². The van der Waals surface area contributed by atoms with E-state index in [1.807, 2.05) is 84.9 Å². The fourth-order valence-electron chi connectivity index (χ4n) is 3.56. The lowest BCUT2D eigenvalue weighted by atomic mass is 9.98. The van der Waals surface area contributed by atoms with E-state index in [-0.39, 0.29) is 0 Å². The van der Waals surface area contributed by atoms with Crippen molar-refractivity contribution in [2.24, 2.45) is 0 Å². The average molecular weight is 418 g/mol. The molecule has 0 unspecified atom stereocenters. The van der Waals surface area contributed by atoms with E-state index in [0.717, 1.165) is 45.7 Å². The number of amides is 1. The monoisotopic (exact) mass is 418 g/mol. The zero-order valence-corrected chi connectivity index (χ0v) is 17.7. The fraction of sp³-hybridized carbons (Fsp3) is 0.0714. The number of aromatic nitrogens is 1. The van der Waals surface area contributed by atoms with Gasteiger partial charge in [-0.2, -0.15) is 0 Å². The van der Waals surface area contributed by atoms with Gasteiger partial charge in [-0.15, -0.1) is 0 Å². The van der Waals surface area contributed by atoms with Gasteiger partial charge in [0.25, 0.3) is 0 Å². The summed E-state index contributed by atoms with van der Waals surface area (Å²) in [5, 5.41) is 0. The zero-order valence-electron chi connectivity index (χ0n) is 17.7. The summed E-state index contributed by atoms with van der Waals surface area (Å²) >= 11 is 0. The highest BCUT2D eigenvalue weighted by Crippen LogP contribution is 2.33. The maximum Gasteiger partial charge on any atom is 0.214 e. The van der Waals surface area contributed by atoms with Crippen LogP contribution in [0.2, 0.25) is 0 Å². The van der Waals surface area contributed by atoms with Crippen LogP contribution in [0, 0.1) is 11.8 Å². The fourth-order valence-corrected chi connectivity index (χ4v) is 3.56. The Morgan fingerprint density at radius 2 is 1.62 bits per heavy atom. The molecule has 1 heterocycles. The van der Waals surface area contributed by atoms with Gasteiger partial charge in [0, 0.05) is 29.1 Å². The maximum atomic E-state index is 12.2. The van der Waals surface area contributed by atoms with E-state index in [1.54, 1.807) is 24.4 Å². The van der Waals surface area contributed by atoms with Crippen LogP contribution in [0.25, 0.3) is 11.1 Å². The third kappa shape index (κ3) is 4.69. The summed E-state index contributed by atoms with van der Waals surface area (Å²) < 4.78 is 5.56. The minimum absolute atomic E-state index is 0.406. The highest BCUT2D eigenvalue weighted by atomic mass is 16.5. The number of carbonyl (C=O) groups is 1. The van der Waals surface area contributed by atoms with E-state index in [1.165, 1.54) is 0 Å². The lowest BCUT2D eigenvalue weighted by Crippen LogP contribution is -2.21. The first-order chi connectivity index (χ1) is 15.8. The lowest BCUT2D eigenvalue weighted by Gasteiger charge is -2.21. The van der Waals surface area contributed by atoms with Crippen molar-refractivity contribution >= 4 is 12.1 Å². The van der Waals surface area contributed by atoms with Crippen molar-refractivity contribution < 1.29 is 9.53 Å². The van der Waals surface area contributed by atoms with Crippen LogP contribution in [-0.4, -0.2) is 18.5 Å². The summed E-state index contributed by atoms with van der Waals surface area (Å²) in [5.41, 5.74) is 5.38. The predicted octanol–water partition coefficient (Wildman–Crippen LogP) is 5.32. The van der Waals surface area contributed by atoms with Crippen molar-refractivity contribution in [3.05, 3.63) is 114 Å². The molecule has 0 aliphatic carbocycles. The van der Waals surface area contributed by atoms with E-state index in [0.29, 0.717) is 6.54 Å². The Morgan fingerprint density at radius 3 is 2.41 bits per heavy atom. The van der Waals surface area contributed by atoms with E-state index in [2.05, 4.69) is 16.8 Å². The standard InChI is InChI=1S/C28H22N2O2/c1-32-28-15-7-5-13-26(28)25-12-4-2-11-24(25)20-30(21-31)27-14-6-3-10-23(27)17-16-22-9-8-18-29-19-22/h2-15,18-19,21H,20H2,1H3. The summed E-state index contributed by atoms with van der Waals surface area (Å²) in [4.78, 5) is 17.9. The number of para-hydroxylation sites is 2. The smallest absolute Gasteiger partial charge is 0.214 e. The first-order valence-corrected chi connectivity index (χ1v) is 10.2. The number of ether oxygens (including phenoxy) is 1. The van der Waals surface area contributed by atoms with E-state index >= 15 is 0 Å². The van der Waals surface area contributed by atoms with Gasteiger partial charge in [0.05, 0.1) is 19.3 Å². The molecule has 0 spiro atoms. The molecule has 0 radical (unpaired) electrons. The van der Waals surface area contributed by atoms with Crippen molar-refractivity contribution in [3.8, 4) is 28.7 Å².